The van der Waals surface area contributed by atoms with E-state index in [1.807, 2.05) is 6.92 Å². The lowest BCUT2D eigenvalue weighted by atomic mass is 9.90. The summed E-state index contributed by atoms with van der Waals surface area (Å²) >= 11 is 6.09. The lowest BCUT2D eigenvalue weighted by Crippen LogP contribution is -2.25. The normalized spacial score (nSPS) is 12.1. The summed E-state index contributed by atoms with van der Waals surface area (Å²) in [5.41, 5.74) is 0.809. The highest BCUT2D eigenvalue weighted by atomic mass is 35.5. The molecule has 7 heteroatoms. The van der Waals surface area contributed by atoms with E-state index < -0.39 is 0 Å². The fourth-order valence-corrected chi connectivity index (χ4v) is 1.98. The van der Waals surface area contributed by atoms with Crippen molar-refractivity contribution in [3.8, 4) is 0 Å². The molecule has 0 saturated carbocycles. The van der Waals surface area contributed by atoms with Crippen LogP contribution in [0.4, 0.5) is 5.82 Å². The van der Waals surface area contributed by atoms with Crippen LogP contribution in [0.25, 0.3) is 5.78 Å². The van der Waals surface area contributed by atoms with Crippen LogP contribution in [0.2, 0.25) is 5.15 Å². The highest BCUT2D eigenvalue weighted by Gasteiger charge is 2.19. The Hall–Kier alpha value is -1.40. The minimum atomic E-state index is -0.0240. The van der Waals surface area contributed by atoms with E-state index in [0.717, 1.165) is 17.8 Å². The Balaban J connectivity index is 2.29. The SMILES string of the molecule is Cc1c(Cl)nc2ncnn2c1NCC(C)(C)CCO. The van der Waals surface area contributed by atoms with Crippen LogP contribution in [0.5, 0.6) is 0 Å². The predicted octanol–water partition coefficient (Wildman–Crippen LogP) is 1.91. The van der Waals surface area contributed by atoms with Crippen LogP contribution in [0.1, 0.15) is 25.8 Å². The van der Waals surface area contributed by atoms with Gasteiger partial charge in [-0.1, -0.05) is 25.4 Å². The Bertz CT molecular complexity index is 581. The van der Waals surface area contributed by atoms with Crippen LogP contribution in [-0.4, -0.2) is 37.8 Å². The molecule has 2 aromatic rings. The molecule has 0 aliphatic rings. The molecule has 0 saturated heterocycles. The van der Waals surface area contributed by atoms with Crippen molar-refractivity contribution in [3.05, 3.63) is 17.0 Å². The van der Waals surface area contributed by atoms with Crippen molar-refractivity contribution in [2.45, 2.75) is 27.2 Å². The molecule has 2 N–H and O–H groups in total. The van der Waals surface area contributed by atoms with Crippen molar-refractivity contribution in [1.29, 1.82) is 0 Å². The number of nitrogens with one attached hydrogen (secondary N) is 1. The summed E-state index contributed by atoms with van der Waals surface area (Å²) < 4.78 is 1.64. The molecule has 0 amide bonds. The molecule has 0 radical (unpaired) electrons. The van der Waals surface area contributed by atoms with E-state index in [1.165, 1.54) is 6.33 Å². The Morgan fingerprint density at radius 2 is 2.21 bits per heavy atom. The molecule has 6 nitrogen and oxygen atoms in total. The average molecular weight is 284 g/mol. The molecule has 19 heavy (non-hydrogen) atoms. The molecule has 0 aromatic carbocycles. The monoisotopic (exact) mass is 283 g/mol. The molecule has 2 heterocycles. The van der Waals surface area contributed by atoms with E-state index in [2.05, 4.69) is 34.2 Å². The zero-order chi connectivity index (χ0) is 14.0. The molecule has 0 aliphatic carbocycles. The first kappa shape index (κ1) is 14.0. The molecule has 2 aromatic heterocycles. The number of aromatic nitrogens is 4. The van der Waals surface area contributed by atoms with Gasteiger partial charge in [-0.25, -0.2) is 0 Å². The summed E-state index contributed by atoms with van der Waals surface area (Å²) in [5, 5.41) is 16.9. The molecule has 0 atom stereocenters. The second kappa shape index (κ2) is 5.30. The van der Waals surface area contributed by atoms with E-state index in [4.69, 9.17) is 16.7 Å². The number of rotatable bonds is 5. The summed E-state index contributed by atoms with van der Waals surface area (Å²) in [4.78, 5) is 8.19. The first-order chi connectivity index (χ1) is 8.94. The number of fused-ring (bicyclic) bond motifs is 1. The average Bonchev–Trinajstić information content (AvgIpc) is 2.77. The van der Waals surface area contributed by atoms with Gasteiger partial charge in [0.15, 0.2) is 0 Å². The van der Waals surface area contributed by atoms with Gasteiger partial charge in [0.2, 0.25) is 0 Å². The smallest absolute Gasteiger partial charge is 0.255 e. The topological polar surface area (TPSA) is 75.3 Å². The molecular formula is C12H18ClN5O. The molecule has 0 unspecified atom stereocenters. The maximum atomic E-state index is 9.05. The van der Waals surface area contributed by atoms with E-state index >= 15 is 0 Å². The maximum absolute atomic E-state index is 9.05. The maximum Gasteiger partial charge on any atom is 0.255 e. The third-order valence-electron chi connectivity index (χ3n) is 3.13. The molecule has 0 aliphatic heterocycles. The fourth-order valence-electron chi connectivity index (χ4n) is 1.82. The van der Waals surface area contributed by atoms with E-state index in [1.54, 1.807) is 4.52 Å². The Morgan fingerprint density at radius 3 is 2.89 bits per heavy atom. The third-order valence-corrected chi connectivity index (χ3v) is 3.50. The van der Waals surface area contributed by atoms with Gasteiger partial charge in [-0.3, -0.25) is 0 Å². The highest BCUT2D eigenvalue weighted by Crippen LogP contribution is 2.25. The minimum absolute atomic E-state index is 0.0240. The lowest BCUT2D eigenvalue weighted by molar-refractivity contribution is 0.220. The van der Waals surface area contributed by atoms with Gasteiger partial charge in [-0.05, 0) is 18.8 Å². The summed E-state index contributed by atoms with van der Waals surface area (Å²) in [6.07, 6.45) is 2.17. The molecule has 0 spiro atoms. The lowest BCUT2D eigenvalue weighted by Gasteiger charge is -2.25. The van der Waals surface area contributed by atoms with Crippen molar-refractivity contribution in [2.24, 2.45) is 5.41 Å². The third kappa shape index (κ3) is 2.96. The van der Waals surface area contributed by atoms with E-state index in [9.17, 15) is 0 Å². The van der Waals surface area contributed by atoms with Crippen LogP contribution < -0.4 is 5.32 Å². The number of anilines is 1. The van der Waals surface area contributed by atoms with Crippen molar-refractivity contribution >= 4 is 23.2 Å². The van der Waals surface area contributed by atoms with Gasteiger partial charge in [0.05, 0.1) is 0 Å². The zero-order valence-corrected chi connectivity index (χ0v) is 12.1. The van der Waals surface area contributed by atoms with Gasteiger partial charge >= 0.3 is 0 Å². The van der Waals surface area contributed by atoms with Gasteiger partial charge in [-0.2, -0.15) is 19.6 Å². The first-order valence-electron chi connectivity index (χ1n) is 6.15. The Morgan fingerprint density at radius 1 is 1.47 bits per heavy atom. The minimum Gasteiger partial charge on any atom is -0.396 e. The van der Waals surface area contributed by atoms with Gasteiger partial charge in [0.1, 0.15) is 17.3 Å². The summed E-state index contributed by atoms with van der Waals surface area (Å²) in [7, 11) is 0. The van der Waals surface area contributed by atoms with Crippen LogP contribution in [-0.2, 0) is 0 Å². The quantitative estimate of drug-likeness (QED) is 0.820. The largest absolute Gasteiger partial charge is 0.396 e. The van der Waals surface area contributed by atoms with Gasteiger partial charge in [-0.15, -0.1) is 0 Å². The van der Waals surface area contributed by atoms with Crippen molar-refractivity contribution in [1.82, 2.24) is 19.6 Å². The number of nitrogens with zero attached hydrogens (tertiary/aromatic N) is 4. The Labute approximate surface area is 116 Å². The van der Waals surface area contributed by atoms with E-state index in [0.29, 0.717) is 17.5 Å². The first-order valence-corrected chi connectivity index (χ1v) is 6.53. The van der Waals surface area contributed by atoms with Gasteiger partial charge < -0.3 is 10.4 Å². The number of hydrogen-bond acceptors (Lipinski definition) is 5. The molecule has 104 valence electrons. The zero-order valence-electron chi connectivity index (χ0n) is 11.3. The van der Waals surface area contributed by atoms with Crippen LogP contribution in [0.3, 0.4) is 0 Å². The van der Waals surface area contributed by atoms with Crippen LogP contribution >= 0.6 is 11.6 Å². The van der Waals surface area contributed by atoms with Crippen LogP contribution in [0, 0.1) is 12.3 Å². The number of hydrogen-bond donors (Lipinski definition) is 2. The molecular weight excluding hydrogens is 266 g/mol. The van der Waals surface area contributed by atoms with Crippen LogP contribution in [0.15, 0.2) is 6.33 Å². The molecule has 2 rings (SSSR count). The molecule has 0 bridgehead atoms. The van der Waals surface area contributed by atoms with E-state index in [-0.39, 0.29) is 12.0 Å². The van der Waals surface area contributed by atoms with Gasteiger partial charge in [0.25, 0.3) is 5.78 Å². The summed E-state index contributed by atoms with van der Waals surface area (Å²) in [6, 6.07) is 0. The number of halogens is 1. The second-order valence-corrected chi connectivity index (χ2v) is 5.70. The highest BCUT2D eigenvalue weighted by molar-refractivity contribution is 6.30. The number of aliphatic hydroxyl groups excluding tert-OH is 1. The van der Waals surface area contributed by atoms with Gasteiger partial charge in [0, 0.05) is 18.7 Å². The summed E-state index contributed by atoms with van der Waals surface area (Å²) in [5.74, 6) is 1.26. The fraction of sp³-hybridized carbons (Fsp3) is 0.583. The van der Waals surface area contributed by atoms with Crippen molar-refractivity contribution < 1.29 is 5.11 Å². The summed E-state index contributed by atoms with van der Waals surface area (Å²) in [6.45, 7) is 6.94. The Kier molecular flexibility index (Phi) is 3.91. The predicted molar refractivity (Wildman–Crippen MR) is 74.5 cm³/mol. The van der Waals surface area contributed by atoms with Crippen molar-refractivity contribution in [2.75, 3.05) is 18.5 Å². The number of aliphatic hydroxyl groups is 1. The molecule has 0 fully saturated rings. The standard InChI is InChI=1S/C12H18ClN5O/c1-8-9(13)17-11-15-7-16-18(11)10(8)14-6-12(2,3)4-5-19/h7,14,19H,4-6H2,1-3H3. The second-order valence-electron chi connectivity index (χ2n) is 5.34. The van der Waals surface area contributed by atoms with Crippen molar-refractivity contribution in [3.63, 3.8) is 0 Å².